The molecule has 7 heavy (non-hydrogen) atoms. The van der Waals surface area contributed by atoms with Crippen molar-refractivity contribution in [3.8, 4) is 0 Å². The van der Waals surface area contributed by atoms with E-state index in [1.807, 2.05) is 0 Å². The second-order valence-electron chi connectivity index (χ2n) is 0.953. The number of nitrogens with zero attached hydrogens (tertiary/aromatic N) is 1. The lowest BCUT2D eigenvalue weighted by atomic mass is 10.5. The molecule has 0 N–H and O–H groups in total. The highest BCUT2D eigenvalue weighted by molar-refractivity contribution is 9.10. The van der Waals surface area contributed by atoms with E-state index >= 15 is 0 Å². The summed E-state index contributed by atoms with van der Waals surface area (Å²) in [5, 5.41) is 0. The Morgan fingerprint density at radius 3 is 3.29 bits per heavy atom. The zero-order valence-electron chi connectivity index (χ0n) is 6.40. The molecule has 1 aromatic heterocycles. The second-order valence-corrected chi connectivity index (χ2v) is 1.75. The van der Waals surface area contributed by atoms with Gasteiger partial charge in [-0.25, -0.2) is 0 Å². The summed E-state index contributed by atoms with van der Waals surface area (Å²) in [5.41, 5.74) is 0. The fourth-order valence-corrected chi connectivity index (χ4v) is 0.430. The fourth-order valence-electron chi connectivity index (χ4n) is 0.239. The van der Waals surface area contributed by atoms with Crippen LogP contribution in [-0.4, -0.2) is 4.98 Å². The van der Waals surface area contributed by atoms with Gasteiger partial charge in [-0.2, -0.15) is 0 Å². The summed E-state index contributed by atoms with van der Waals surface area (Å²) < 4.78 is 21.7. The smallest absolute Gasteiger partial charge is 0.0840 e. The zero-order chi connectivity index (χ0) is 7.72. The predicted octanol–water partition coefficient (Wildman–Crippen LogP) is 1.84. The molecule has 0 saturated carbocycles. The van der Waals surface area contributed by atoms with Crippen molar-refractivity contribution in [1.82, 2.24) is 4.98 Å². The molecule has 0 atom stereocenters. The average molecular weight is 161 g/mol. The Morgan fingerprint density at radius 1 is 1.71 bits per heavy atom. The monoisotopic (exact) mass is 160 g/mol. The molecular formula is C5H4BrN. The van der Waals surface area contributed by atoms with Gasteiger partial charge in [0.2, 0.25) is 0 Å². The van der Waals surface area contributed by atoms with Crippen LogP contribution in [-0.2, 0) is 0 Å². The predicted molar refractivity (Wildman–Crippen MR) is 31.9 cm³/mol. The van der Waals surface area contributed by atoms with Crippen molar-refractivity contribution in [3.05, 3.63) is 28.9 Å². The molecule has 1 heterocycles. The van der Waals surface area contributed by atoms with E-state index in [1.54, 1.807) is 0 Å². The van der Waals surface area contributed by atoms with Gasteiger partial charge in [-0.05, 0) is 12.1 Å². The van der Waals surface area contributed by atoms with Crippen LogP contribution in [0.3, 0.4) is 0 Å². The van der Waals surface area contributed by atoms with Crippen LogP contribution in [0.15, 0.2) is 28.9 Å². The minimum atomic E-state index is -0.108. The molecule has 0 aromatic carbocycles. The molecule has 0 radical (unpaired) electrons. The van der Waals surface area contributed by atoms with Crippen LogP contribution >= 0.6 is 15.9 Å². The lowest BCUT2D eigenvalue weighted by Crippen LogP contribution is -1.63. The standard InChI is InChI=1S/C5H4BrN/c6-5-1-3-7-4-2-5/h1-4H/i1D,2D,3D. The fraction of sp³-hybridized carbons (Fsp3) is 0. The van der Waals surface area contributed by atoms with E-state index < -0.39 is 0 Å². The molecule has 2 heteroatoms. The first-order chi connectivity index (χ1) is 4.63. The molecule has 0 aliphatic rings. The summed E-state index contributed by atoms with van der Waals surface area (Å²) in [4.78, 5) is 3.50. The van der Waals surface area contributed by atoms with E-state index in [0.717, 1.165) is 0 Å². The summed E-state index contributed by atoms with van der Waals surface area (Å²) in [6.45, 7) is 0. The highest BCUT2D eigenvalue weighted by Crippen LogP contribution is 2.03. The minimum absolute atomic E-state index is 0.0347. The van der Waals surface area contributed by atoms with Crippen molar-refractivity contribution in [2.75, 3.05) is 0 Å². The highest BCUT2D eigenvalue weighted by Gasteiger charge is 1.75. The van der Waals surface area contributed by atoms with Crippen LogP contribution < -0.4 is 0 Å². The van der Waals surface area contributed by atoms with E-state index in [9.17, 15) is 0 Å². The second kappa shape index (κ2) is 2.07. The van der Waals surface area contributed by atoms with E-state index in [2.05, 4.69) is 20.9 Å². The molecule has 0 bridgehead atoms. The summed E-state index contributed by atoms with van der Waals surface area (Å²) in [5.74, 6) is 0. The quantitative estimate of drug-likeness (QED) is 0.565. The third-order valence-corrected chi connectivity index (χ3v) is 0.913. The molecule has 1 aromatic rings. The number of pyridine rings is 1. The van der Waals surface area contributed by atoms with Gasteiger partial charge in [0.05, 0.1) is 4.11 Å². The maximum absolute atomic E-state index is 7.17. The van der Waals surface area contributed by atoms with Crippen LogP contribution in [0.25, 0.3) is 0 Å². The van der Waals surface area contributed by atoms with Crippen LogP contribution in [0.1, 0.15) is 4.11 Å². The molecule has 1 nitrogen and oxygen atoms in total. The van der Waals surface area contributed by atoms with Crippen molar-refractivity contribution in [2.45, 2.75) is 0 Å². The Kier molecular flexibility index (Phi) is 0.671. The summed E-state index contributed by atoms with van der Waals surface area (Å²) in [6, 6.07) is 0.105. The molecule has 0 spiro atoms. The largest absolute Gasteiger partial charge is 0.265 e. The Bertz CT molecular complexity index is 236. The maximum atomic E-state index is 7.17. The molecule has 0 saturated heterocycles. The van der Waals surface area contributed by atoms with Gasteiger partial charge in [-0.1, -0.05) is 15.9 Å². The third kappa shape index (κ3) is 1.27. The first-order valence-corrected chi connectivity index (χ1v) is 2.50. The molecule has 0 aliphatic heterocycles. The number of rotatable bonds is 0. The number of halogens is 1. The van der Waals surface area contributed by atoms with Gasteiger partial charge in [0.25, 0.3) is 0 Å². The first kappa shape index (κ1) is 2.27. The van der Waals surface area contributed by atoms with Gasteiger partial charge >= 0.3 is 0 Å². The first-order valence-electron chi connectivity index (χ1n) is 3.21. The molecule has 36 valence electrons. The van der Waals surface area contributed by atoms with Crippen LogP contribution in [0, 0.1) is 0 Å². The van der Waals surface area contributed by atoms with Crippen molar-refractivity contribution in [2.24, 2.45) is 0 Å². The average Bonchev–Trinajstić information content (AvgIpc) is 1.93. The molecule has 1 rings (SSSR count). The maximum Gasteiger partial charge on any atom is 0.0840 e. The van der Waals surface area contributed by atoms with Crippen molar-refractivity contribution < 1.29 is 4.11 Å². The molecular weight excluding hydrogens is 154 g/mol. The number of hydrogen-bond donors (Lipinski definition) is 0. The van der Waals surface area contributed by atoms with Crippen LogP contribution in [0.2, 0.25) is 0 Å². The molecule has 0 amide bonds. The normalized spacial score (nSPS) is 14.7. The summed E-state index contributed by atoms with van der Waals surface area (Å²) in [7, 11) is 0. The van der Waals surface area contributed by atoms with E-state index in [0.29, 0.717) is 4.47 Å². The van der Waals surface area contributed by atoms with E-state index in [-0.39, 0.29) is 18.3 Å². The van der Waals surface area contributed by atoms with Crippen LogP contribution in [0.5, 0.6) is 0 Å². The van der Waals surface area contributed by atoms with Gasteiger partial charge in [0.15, 0.2) is 0 Å². The van der Waals surface area contributed by atoms with Gasteiger partial charge in [-0.3, -0.25) is 4.98 Å². The Morgan fingerprint density at radius 2 is 2.57 bits per heavy atom. The zero-order valence-corrected chi connectivity index (χ0v) is 4.99. The molecule has 0 fully saturated rings. The van der Waals surface area contributed by atoms with Crippen molar-refractivity contribution in [1.29, 1.82) is 0 Å². The third-order valence-electron chi connectivity index (χ3n) is 0.486. The van der Waals surface area contributed by atoms with Gasteiger partial charge in [0.1, 0.15) is 0 Å². The van der Waals surface area contributed by atoms with Crippen molar-refractivity contribution >= 4 is 15.9 Å². The Balaban J connectivity index is 3.34. The lowest BCUT2D eigenvalue weighted by Gasteiger charge is -1.80. The van der Waals surface area contributed by atoms with E-state index in [1.165, 1.54) is 6.20 Å². The Hall–Kier alpha value is -0.370. The minimum Gasteiger partial charge on any atom is -0.265 e. The molecule has 0 aliphatic carbocycles. The van der Waals surface area contributed by atoms with Gasteiger partial charge in [-0.15, -0.1) is 0 Å². The highest BCUT2D eigenvalue weighted by atomic mass is 79.9. The number of aromatic nitrogens is 1. The van der Waals surface area contributed by atoms with Crippen molar-refractivity contribution in [3.63, 3.8) is 0 Å². The van der Waals surface area contributed by atoms with Gasteiger partial charge < -0.3 is 0 Å². The van der Waals surface area contributed by atoms with Crippen LogP contribution in [0.4, 0.5) is 0 Å². The summed E-state index contributed by atoms with van der Waals surface area (Å²) >= 11 is 2.99. The SMILES string of the molecule is [2H]c1cnc([2H])c([2H])c1Br. The number of hydrogen-bond acceptors (Lipinski definition) is 1. The molecule has 0 unspecified atom stereocenters. The summed E-state index contributed by atoms with van der Waals surface area (Å²) in [6.07, 6.45) is 1.13. The lowest BCUT2D eigenvalue weighted by molar-refractivity contribution is 1.32. The van der Waals surface area contributed by atoms with Gasteiger partial charge in [0, 0.05) is 16.8 Å². The van der Waals surface area contributed by atoms with E-state index in [4.69, 9.17) is 4.11 Å². The topological polar surface area (TPSA) is 12.9 Å². The Labute approximate surface area is 54.7 Å².